The van der Waals surface area contributed by atoms with Crippen molar-refractivity contribution in [2.45, 2.75) is 13.1 Å². The molecule has 3 rings (SSSR count). The fourth-order valence-electron chi connectivity index (χ4n) is 2.22. The lowest BCUT2D eigenvalue weighted by molar-refractivity contribution is -0.121. The molecule has 3 aromatic rings. The lowest BCUT2D eigenvalue weighted by Gasteiger charge is -2.04. The summed E-state index contributed by atoms with van der Waals surface area (Å²) in [5, 5.41) is 4.53. The van der Waals surface area contributed by atoms with Crippen molar-refractivity contribution in [1.29, 1.82) is 0 Å². The van der Waals surface area contributed by atoms with E-state index in [1.165, 1.54) is 18.4 Å². The third-order valence-electron chi connectivity index (χ3n) is 3.53. The van der Waals surface area contributed by atoms with Crippen molar-refractivity contribution in [2.24, 2.45) is 4.99 Å². The Morgan fingerprint density at radius 2 is 2.19 bits per heavy atom. The van der Waals surface area contributed by atoms with Crippen LogP contribution in [0.4, 0.5) is 0 Å². The Bertz CT molecular complexity index is 957. The van der Waals surface area contributed by atoms with Gasteiger partial charge in [-0.25, -0.2) is 0 Å². The lowest BCUT2D eigenvalue weighted by Crippen LogP contribution is -2.30. The van der Waals surface area contributed by atoms with Crippen molar-refractivity contribution in [1.82, 2.24) is 9.88 Å². The van der Waals surface area contributed by atoms with Gasteiger partial charge in [-0.15, -0.1) is 11.3 Å². The first-order valence-electron chi connectivity index (χ1n) is 7.82. The molecule has 8 heteroatoms. The van der Waals surface area contributed by atoms with Crippen LogP contribution in [0.3, 0.4) is 0 Å². The van der Waals surface area contributed by atoms with Crippen LogP contribution < -0.4 is 14.9 Å². The zero-order valence-corrected chi connectivity index (χ0v) is 14.9. The summed E-state index contributed by atoms with van der Waals surface area (Å²) in [6, 6.07) is 10.3. The van der Waals surface area contributed by atoms with Crippen LogP contribution in [0.25, 0.3) is 0 Å². The average molecular weight is 371 g/mol. The molecule has 0 unspecified atom stereocenters. The molecule has 2 heterocycles. The van der Waals surface area contributed by atoms with E-state index < -0.39 is 5.91 Å². The molecule has 1 aromatic carbocycles. The smallest absolute Gasteiger partial charge is 0.279 e. The zero-order valence-electron chi connectivity index (χ0n) is 14.0. The summed E-state index contributed by atoms with van der Waals surface area (Å²) in [4.78, 5) is 29.0. The fourth-order valence-corrected chi connectivity index (χ4v) is 2.95. The average Bonchev–Trinajstić information content (AvgIpc) is 3.32. The summed E-state index contributed by atoms with van der Waals surface area (Å²) in [7, 11) is 1.54. The van der Waals surface area contributed by atoms with Crippen LogP contribution in [0.15, 0.2) is 63.6 Å². The molecule has 7 nitrogen and oxygen atoms in total. The standard InChI is InChI=1S/C18H17N3O4S/c1-24-14-5-2-4-13(10-14)17(23)20-18-21(7-9-26-18)12-16(22)19-11-15-6-3-8-25-15/h2-10H,11-12H2,1H3,(H,19,22). The van der Waals surface area contributed by atoms with Gasteiger partial charge < -0.3 is 19.0 Å². The van der Waals surface area contributed by atoms with Gasteiger partial charge in [-0.1, -0.05) is 6.07 Å². The van der Waals surface area contributed by atoms with E-state index >= 15 is 0 Å². The van der Waals surface area contributed by atoms with Crippen molar-refractivity contribution in [2.75, 3.05) is 7.11 Å². The van der Waals surface area contributed by atoms with Crippen molar-refractivity contribution < 1.29 is 18.7 Å². The molecule has 0 bridgehead atoms. The quantitative estimate of drug-likeness (QED) is 0.720. The number of hydrogen-bond donors (Lipinski definition) is 1. The summed E-state index contributed by atoms with van der Waals surface area (Å²) in [6.45, 7) is 0.375. The second kappa shape index (κ2) is 8.30. The number of nitrogens with one attached hydrogen (secondary N) is 1. The Hall–Kier alpha value is -3.13. The van der Waals surface area contributed by atoms with E-state index in [1.807, 2.05) is 0 Å². The number of carbonyl (C=O) groups is 2. The normalized spacial score (nSPS) is 11.3. The number of ether oxygens (including phenoxy) is 1. The Morgan fingerprint density at radius 3 is 2.96 bits per heavy atom. The van der Waals surface area contributed by atoms with Gasteiger partial charge in [0.25, 0.3) is 5.91 Å². The Kier molecular flexibility index (Phi) is 5.65. The number of nitrogens with zero attached hydrogens (tertiary/aromatic N) is 2. The van der Waals surface area contributed by atoms with Gasteiger partial charge in [0.2, 0.25) is 5.91 Å². The minimum atomic E-state index is -0.393. The molecule has 0 atom stereocenters. The van der Waals surface area contributed by atoms with Crippen molar-refractivity contribution in [3.63, 3.8) is 0 Å². The highest BCUT2D eigenvalue weighted by atomic mass is 32.1. The lowest BCUT2D eigenvalue weighted by atomic mass is 10.2. The maximum atomic E-state index is 12.4. The van der Waals surface area contributed by atoms with Crippen molar-refractivity contribution in [3.8, 4) is 5.75 Å². The Morgan fingerprint density at radius 1 is 1.31 bits per heavy atom. The minimum Gasteiger partial charge on any atom is -0.497 e. The van der Waals surface area contributed by atoms with E-state index in [1.54, 1.807) is 58.8 Å². The first-order valence-corrected chi connectivity index (χ1v) is 8.70. The number of hydrogen-bond acceptors (Lipinski definition) is 5. The highest BCUT2D eigenvalue weighted by Crippen LogP contribution is 2.13. The fraction of sp³-hybridized carbons (Fsp3) is 0.167. The van der Waals surface area contributed by atoms with Gasteiger partial charge in [0.05, 0.1) is 19.9 Å². The molecular weight excluding hydrogens is 354 g/mol. The van der Waals surface area contributed by atoms with E-state index in [0.717, 1.165) is 0 Å². The number of aromatic nitrogens is 1. The first kappa shape index (κ1) is 17.7. The van der Waals surface area contributed by atoms with Gasteiger partial charge in [-0.05, 0) is 30.3 Å². The van der Waals surface area contributed by atoms with Crippen LogP contribution in [0.2, 0.25) is 0 Å². The highest BCUT2D eigenvalue weighted by Gasteiger charge is 2.09. The Labute approximate surface area is 153 Å². The van der Waals surface area contributed by atoms with E-state index in [-0.39, 0.29) is 12.5 Å². The summed E-state index contributed by atoms with van der Waals surface area (Å²) in [5.41, 5.74) is 0.423. The Balaban J connectivity index is 1.69. The minimum absolute atomic E-state index is 0.0639. The molecule has 2 aromatic heterocycles. The van der Waals surface area contributed by atoms with Gasteiger partial charge in [-0.2, -0.15) is 4.99 Å². The number of carbonyl (C=O) groups excluding carboxylic acids is 2. The predicted molar refractivity (Wildman–Crippen MR) is 95.8 cm³/mol. The van der Waals surface area contributed by atoms with Crippen LogP contribution in [0.5, 0.6) is 5.75 Å². The van der Waals surface area contributed by atoms with Crippen LogP contribution in [-0.2, 0) is 17.9 Å². The van der Waals surface area contributed by atoms with Gasteiger partial charge in [-0.3, -0.25) is 9.59 Å². The molecule has 0 saturated carbocycles. The van der Waals surface area contributed by atoms with Crippen LogP contribution in [0.1, 0.15) is 16.1 Å². The highest BCUT2D eigenvalue weighted by molar-refractivity contribution is 7.07. The zero-order chi connectivity index (χ0) is 18.4. The second-order valence-electron chi connectivity index (χ2n) is 5.32. The van der Waals surface area contributed by atoms with Gasteiger partial charge >= 0.3 is 0 Å². The molecule has 134 valence electrons. The molecule has 0 radical (unpaired) electrons. The van der Waals surface area contributed by atoms with Gasteiger partial charge in [0.1, 0.15) is 18.1 Å². The van der Waals surface area contributed by atoms with E-state index in [0.29, 0.717) is 28.4 Å². The molecule has 0 fully saturated rings. The molecular formula is C18H17N3O4S. The van der Waals surface area contributed by atoms with Crippen LogP contribution in [0, 0.1) is 0 Å². The first-order chi connectivity index (χ1) is 12.7. The van der Waals surface area contributed by atoms with E-state index in [2.05, 4.69) is 10.3 Å². The summed E-state index contributed by atoms with van der Waals surface area (Å²) >= 11 is 1.29. The van der Waals surface area contributed by atoms with E-state index in [9.17, 15) is 9.59 Å². The predicted octanol–water partition coefficient (Wildman–Crippen LogP) is 2.21. The number of rotatable bonds is 6. The molecule has 0 aliphatic heterocycles. The van der Waals surface area contributed by atoms with Gasteiger partial charge in [0, 0.05) is 17.1 Å². The van der Waals surface area contributed by atoms with Crippen LogP contribution >= 0.6 is 11.3 Å². The third kappa shape index (κ3) is 4.48. The second-order valence-corrected chi connectivity index (χ2v) is 6.19. The monoisotopic (exact) mass is 371 g/mol. The summed E-state index contributed by atoms with van der Waals surface area (Å²) < 4.78 is 11.9. The van der Waals surface area contributed by atoms with E-state index in [4.69, 9.17) is 9.15 Å². The number of thiazole rings is 1. The topological polar surface area (TPSA) is 85.8 Å². The molecule has 0 aliphatic carbocycles. The molecule has 0 saturated heterocycles. The molecule has 1 N–H and O–H groups in total. The molecule has 0 aliphatic rings. The van der Waals surface area contributed by atoms with Crippen molar-refractivity contribution >= 4 is 23.2 Å². The van der Waals surface area contributed by atoms with Crippen molar-refractivity contribution in [3.05, 3.63) is 70.4 Å². The maximum absolute atomic E-state index is 12.4. The summed E-state index contributed by atoms with van der Waals surface area (Å²) in [5.74, 6) is 0.667. The number of methoxy groups -OCH3 is 1. The third-order valence-corrected chi connectivity index (χ3v) is 4.32. The number of amides is 2. The molecule has 26 heavy (non-hydrogen) atoms. The number of furan rings is 1. The molecule has 2 amide bonds. The largest absolute Gasteiger partial charge is 0.497 e. The number of benzene rings is 1. The van der Waals surface area contributed by atoms with Gasteiger partial charge in [0.15, 0.2) is 4.80 Å². The SMILES string of the molecule is COc1cccc(C(=O)N=c2sccn2CC(=O)NCc2ccco2)c1. The maximum Gasteiger partial charge on any atom is 0.279 e. The van der Waals surface area contributed by atoms with Crippen LogP contribution in [-0.4, -0.2) is 23.5 Å². The molecule has 0 spiro atoms. The summed E-state index contributed by atoms with van der Waals surface area (Å²) in [6.07, 6.45) is 3.27.